The minimum atomic E-state index is -0.491. The van der Waals surface area contributed by atoms with Gasteiger partial charge in [0.15, 0.2) is 0 Å². The molecule has 0 aliphatic carbocycles. The number of nitrogen functional groups attached to an aromatic ring is 1. The van der Waals surface area contributed by atoms with Gasteiger partial charge in [0.2, 0.25) is 0 Å². The molecule has 1 aromatic rings. The molecule has 0 aliphatic heterocycles. The number of pyridine rings is 1. The Morgan fingerprint density at radius 1 is 1.53 bits per heavy atom. The van der Waals surface area contributed by atoms with Gasteiger partial charge in [0.1, 0.15) is 11.7 Å². The molecule has 1 rings (SSSR count). The molecule has 0 spiro atoms. The van der Waals surface area contributed by atoms with Gasteiger partial charge < -0.3 is 15.4 Å². The van der Waals surface area contributed by atoms with E-state index in [9.17, 15) is 9.59 Å². The first kappa shape index (κ1) is 15.2. The van der Waals surface area contributed by atoms with Crippen molar-refractivity contribution in [2.24, 2.45) is 0 Å². The number of nitrogens with two attached hydrogens (primary N) is 1. The number of hydrogen-bond donors (Lipinski definition) is 1. The first-order valence-electron chi connectivity index (χ1n) is 5.76. The smallest absolute Gasteiger partial charge is 0.325 e. The van der Waals surface area contributed by atoms with Gasteiger partial charge in [-0.05, 0) is 12.5 Å². The summed E-state index contributed by atoms with van der Waals surface area (Å²) in [6.07, 6.45) is 2.07. The van der Waals surface area contributed by atoms with Gasteiger partial charge in [-0.1, -0.05) is 18.5 Å². The van der Waals surface area contributed by atoms with Crippen LogP contribution in [0.2, 0.25) is 5.15 Å². The summed E-state index contributed by atoms with van der Waals surface area (Å²) in [5.41, 5.74) is 6.10. The summed E-state index contributed by atoms with van der Waals surface area (Å²) in [6.45, 7) is 2.18. The highest BCUT2D eigenvalue weighted by atomic mass is 35.5. The van der Waals surface area contributed by atoms with Crippen LogP contribution < -0.4 is 5.73 Å². The molecule has 6 nitrogen and oxygen atoms in total. The molecule has 0 aliphatic rings. The molecule has 0 unspecified atom stereocenters. The van der Waals surface area contributed by atoms with Crippen LogP contribution in [0.1, 0.15) is 23.7 Å². The number of amides is 1. The average molecular weight is 286 g/mol. The van der Waals surface area contributed by atoms with Crippen LogP contribution in [0, 0.1) is 0 Å². The Balaban J connectivity index is 2.98. The number of carbonyl (C=O) groups excluding carboxylic acids is 2. The molecule has 1 aromatic heterocycles. The van der Waals surface area contributed by atoms with Crippen LogP contribution in [0.3, 0.4) is 0 Å². The van der Waals surface area contributed by atoms with Gasteiger partial charge in [0.25, 0.3) is 5.91 Å². The number of esters is 1. The van der Waals surface area contributed by atoms with Gasteiger partial charge in [0.05, 0.1) is 24.6 Å². The third-order valence-electron chi connectivity index (χ3n) is 2.42. The Bertz CT molecular complexity index is 479. The van der Waals surface area contributed by atoms with Crippen LogP contribution in [0.25, 0.3) is 0 Å². The first-order chi connectivity index (χ1) is 8.99. The predicted molar refractivity (Wildman–Crippen MR) is 71.9 cm³/mol. The van der Waals surface area contributed by atoms with Crippen LogP contribution in [0.15, 0.2) is 12.3 Å². The van der Waals surface area contributed by atoms with Gasteiger partial charge in [0, 0.05) is 6.54 Å². The number of carbonyl (C=O) groups is 2. The van der Waals surface area contributed by atoms with Crippen LogP contribution >= 0.6 is 11.6 Å². The Kier molecular flexibility index (Phi) is 5.57. The number of methoxy groups -OCH3 is 1. The second kappa shape index (κ2) is 6.94. The molecule has 2 N–H and O–H groups in total. The van der Waals surface area contributed by atoms with Gasteiger partial charge in [-0.2, -0.15) is 0 Å². The second-order valence-electron chi connectivity index (χ2n) is 3.91. The van der Waals surface area contributed by atoms with Crippen molar-refractivity contribution in [3.63, 3.8) is 0 Å². The summed E-state index contributed by atoms with van der Waals surface area (Å²) >= 11 is 5.88. The van der Waals surface area contributed by atoms with Crippen molar-refractivity contribution in [3.8, 4) is 0 Å². The molecule has 0 atom stereocenters. The number of aromatic nitrogens is 1. The van der Waals surface area contributed by atoms with Gasteiger partial charge >= 0.3 is 5.97 Å². The molecule has 0 radical (unpaired) electrons. The number of anilines is 1. The Morgan fingerprint density at radius 2 is 2.21 bits per heavy atom. The molecule has 1 heterocycles. The zero-order valence-corrected chi connectivity index (χ0v) is 11.6. The highest BCUT2D eigenvalue weighted by molar-refractivity contribution is 6.32. The maximum atomic E-state index is 12.3. The summed E-state index contributed by atoms with van der Waals surface area (Å²) < 4.78 is 4.56. The van der Waals surface area contributed by atoms with E-state index in [0.717, 1.165) is 0 Å². The van der Waals surface area contributed by atoms with Crippen LogP contribution in [0.4, 0.5) is 5.69 Å². The van der Waals surface area contributed by atoms with Crippen molar-refractivity contribution in [1.82, 2.24) is 9.88 Å². The number of halogens is 1. The van der Waals surface area contributed by atoms with E-state index in [2.05, 4.69) is 9.72 Å². The standard InChI is InChI=1S/C12H16ClN3O3/c1-3-4-16(7-10(17)19-2)12(18)9-5-8(14)6-15-11(9)13/h5-6H,3-4,7,14H2,1-2H3. The lowest BCUT2D eigenvalue weighted by molar-refractivity contribution is -0.141. The highest BCUT2D eigenvalue weighted by Crippen LogP contribution is 2.18. The maximum absolute atomic E-state index is 12.3. The van der Waals surface area contributed by atoms with Gasteiger partial charge in [-0.3, -0.25) is 9.59 Å². The molecule has 1 amide bonds. The van der Waals surface area contributed by atoms with Crippen molar-refractivity contribution in [2.45, 2.75) is 13.3 Å². The molecule has 0 fully saturated rings. The number of hydrogen-bond acceptors (Lipinski definition) is 5. The highest BCUT2D eigenvalue weighted by Gasteiger charge is 2.21. The quantitative estimate of drug-likeness (QED) is 0.652. The van der Waals surface area contributed by atoms with Crippen LogP contribution in [-0.4, -0.2) is 42.0 Å². The number of rotatable bonds is 5. The lowest BCUT2D eigenvalue weighted by atomic mass is 10.2. The van der Waals surface area contributed by atoms with Crippen molar-refractivity contribution < 1.29 is 14.3 Å². The Labute approximate surface area is 116 Å². The molecular formula is C12H16ClN3O3. The summed E-state index contributed by atoms with van der Waals surface area (Å²) in [5, 5.41) is 0.0603. The molecule has 0 aromatic carbocycles. The number of nitrogens with zero attached hydrogens (tertiary/aromatic N) is 2. The lowest BCUT2D eigenvalue weighted by Gasteiger charge is -2.21. The van der Waals surface area contributed by atoms with E-state index in [1.54, 1.807) is 0 Å². The molecule has 0 saturated carbocycles. The first-order valence-corrected chi connectivity index (χ1v) is 6.14. The van der Waals surface area contributed by atoms with Crippen LogP contribution in [0.5, 0.6) is 0 Å². The predicted octanol–water partition coefficient (Wildman–Crippen LogP) is 1.34. The SMILES string of the molecule is CCCN(CC(=O)OC)C(=O)c1cc(N)cnc1Cl. The van der Waals surface area contributed by atoms with E-state index in [1.165, 1.54) is 24.3 Å². The average Bonchev–Trinajstić information content (AvgIpc) is 2.40. The van der Waals surface area contributed by atoms with E-state index in [1.807, 2.05) is 6.92 Å². The minimum Gasteiger partial charge on any atom is -0.468 e. The van der Waals surface area contributed by atoms with Crippen molar-refractivity contribution in [3.05, 3.63) is 23.0 Å². The van der Waals surface area contributed by atoms with Gasteiger partial charge in [-0.25, -0.2) is 4.98 Å². The van der Waals surface area contributed by atoms with Crippen molar-refractivity contribution >= 4 is 29.2 Å². The zero-order valence-electron chi connectivity index (χ0n) is 10.9. The fraction of sp³-hybridized carbons (Fsp3) is 0.417. The molecule has 19 heavy (non-hydrogen) atoms. The zero-order chi connectivity index (χ0) is 14.4. The monoisotopic (exact) mass is 285 g/mol. The van der Waals surface area contributed by atoms with E-state index < -0.39 is 11.9 Å². The summed E-state index contributed by atoms with van der Waals surface area (Å²) in [4.78, 5) is 28.8. The molecule has 0 bridgehead atoms. The normalized spacial score (nSPS) is 10.1. The van der Waals surface area contributed by atoms with E-state index >= 15 is 0 Å². The number of ether oxygens (including phenoxy) is 1. The molecule has 7 heteroatoms. The lowest BCUT2D eigenvalue weighted by Crippen LogP contribution is -2.37. The van der Waals surface area contributed by atoms with Gasteiger partial charge in [-0.15, -0.1) is 0 Å². The van der Waals surface area contributed by atoms with Crippen molar-refractivity contribution in [2.75, 3.05) is 25.9 Å². The Morgan fingerprint density at radius 3 is 2.79 bits per heavy atom. The molecule has 0 saturated heterocycles. The minimum absolute atomic E-state index is 0.0603. The fourth-order valence-electron chi connectivity index (χ4n) is 1.53. The molecule has 104 valence electrons. The summed E-state index contributed by atoms with van der Waals surface area (Å²) in [7, 11) is 1.27. The Hall–Kier alpha value is -1.82. The molecular weight excluding hydrogens is 270 g/mol. The third-order valence-corrected chi connectivity index (χ3v) is 2.72. The third kappa shape index (κ3) is 4.10. The van der Waals surface area contributed by atoms with Crippen LogP contribution in [-0.2, 0) is 9.53 Å². The van der Waals surface area contributed by atoms with E-state index in [-0.39, 0.29) is 17.3 Å². The van der Waals surface area contributed by atoms with E-state index in [4.69, 9.17) is 17.3 Å². The maximum Gasteiger partial charge on any atom is 0.325 e. The van der Waals surface area contributed by atoms with E-state index in [0.29, 0.717) is 18.7 Å². The fourth-order valence-corrected chi connectivity index (χ4v) is 1.71. The summed E-state index contributed by atoms with van der Waals surface area (Å²) in [6, 6.07) is 1.44. The topological polar surface area (TPSA) is 85.5 Å². The summed E-state index contributed by atoms with van der Waals surface area (Å²) in [5.74, 6) is -0.883. The second-order valence-corrected chi connectivity index (χ2v) is 4.27. The van der Waals surface area contributed by atoms with Crippen molar-refractivity contribution in [1.29, 1.82) is 0 Å². The largest absolute Gasteiger partial charge is 0.468 e.